The Labute approximate surface area is 180 Å². The fourth-order valence-electron chi connectivity index (χ4n) is 4.02. The van der Waals surface area contributed by atoms with E-state index >= 15 is 0 Å². The first kappa shape index (κ1) is 20.6. The summed E-state index contributed by atoms with van der Waals surface area (Å²) in [4.78, 5) is 25.9. The van der Waals surface area contributed by atoms with E-state index in [1.807, 2.05) is 39.0 Å². The van der Waals surface area contributed by atoms with Crippen molar-refractivity contribution in [2.24, 2.45) is 0 Å². The van der Waals surface area contributed by atoms with Gasteiger partial charge in [0.25, 0.3) is 0 Å². The fourth-order valence-corrected chi connectivity index (χ4v) is 4.17. The van der Waals surface area contributed by atoms with Crippen LogP contribution in [0.5, 0.6) is 0 Å². The number of carbonyl (C=O) groups is 1. The van der Waals surface area contributed by atoms with E-state index in [4.69, 9.17) is 21.3 Å². The molecule has 8 heteroatoms. The highest BCUT2D eigenvalue weighted by Crippen LogP contribution is 2.36. The van der Waals surface area contributed by atoms with Crippen LogP contribution in [0.4, 0.5) is 4.79 Å². The van der Waals surface area contributed by atoms with E-state index in [0.29, 0.717) is 5.15 Å². The van der Waals surface area contributed by atoms with Gasteiger partial charge in [-0.3, -0.25) is 4.98 Å². The molecule has 30 heavy (non-hydrogen) atoms. The van der Waals surface area contributed by atoms with Crippen LogP contribution in [0.1, 0.15) is 52.5 Å². The number of alkyl carbamates (subject to hydrolysis) is 1. The molecule has 0 radical (unpaired) electrons. The molecule has 3 aromatic heterocycles. The Morgan fingerprint density at radius 3 is 2.83 bits per heavy atom. The van der Waals surface area contributed by atoms with Crippen molar-refractivity contribution < 1.29 is 9.53 Å². The first-order valence-corrected chi connectivity index (χ1v) is 10.6. The van der Waals surface area contributed by atoms with E-state index in [9.17, 15) is 4.79 Å². The van der Waals surface area contributed by atoms with E-state index < -0.39 is 5.60 Å². The molecule has 1 amide bonds. The molecular formula is C22H26ClN5O2. The van der Waals surface area contributed by atoms with Crippen LogP contribution in [0.3, 0.4) is 0 Å². The molecule has 1 N–H and O–H groups in total. The number of hydrogen-bond acceptors (Lipinski definition) is 5. The second kappa shape index (κ2) is 8.22. The lowest BCUT2D eigenvalue weighted by Gasteiger charge is -2.32. The van der Waals surface area contributed by atoms with Crippen molar-refractivity contribution in [3.63, 3.8) is 0 Å². The van der Waals surface area contributed by atoms with Crippen molar-refractivity contribution >= 4 is 28.7 Å². The number of nitrogens with zero attached hydrogens (tertiary/aromatic N) is 4. The molecule has 0 aromatic carbocycles. The minimum Gasteiger partial charge on any atom is -0.444 e. The highest BCUT2D eigenvalue weighted by molar-refractivity contribution is 6.29. The van der Waals surface area contributed by atoms with Gasteiger partial charge in [-0.1, -0.05) is 17.7 Å². The summed E-state index contributed by atoms with van der Waals surface area (Å²) in [5.41, 5.74) is 1.99. The average Bonchev–Trinajstić information content (AvgIpc) is 3.06. The molecule has 4 rings (SSSR count). The predicted octanol–water partition coefficient (Wildman–Crippen LogP) is 5.16. The monoisotopic (exact) mass is 427 g/mol. The largest absolute Gasteiger partial charge is 0.444 e. The predicted molar refractivity (Wildman–Crippen MR) is 116 cm³/mol. The van der Waals surface area contributed by atoms with Crippen LogP contribution in [0, 0.1) is 0 Å². The zero-order chi connectivity index (χ0) is 21.3. The third kappa shape index (κ3) is 4.56. The summed E-state index contributed by atoms with van der Waals surface area (Å²) in [6.07, 6.45) is 6.84. The number of amides is 1. The second-order valence-corrected chi connectivity index (χ2v) is 9.07. The second-order valence-electron chi connectivity index (χ2n) is 8.68. The molecule has 158 valence electrons. The molecular weight excluding hydrogens is 402 g/mol. The minimum atomic E-state index is -0.518. The molecule has 1 aliphatic carbocycles. The van der Waals surface area contributed by atoms with Gasteiger partial charge < -0.3 is 14.6 Å². The molecule has 1 saturated carbocycles. The number of aromatic nitrogens is 4. The lowest BCUT2D eigenvalue weighted by molar-refractivity contribution is 0.0486. The Morgan fingerprint density at radius 2 is 2.10 bits per heavy atom. The number of fused-ring (bicyclic) bond motifs is 1. The van der Waals surface area contributed by atoms with Gasteiger partial charge in [0.05, 0.1) is 17.2 Å². The van der Waals surface area contributed by atoms with Crippen LogP contribution in [-0.2, 0) is 4.74 Å². The smallest absolute Gasteiger partial charge is 0.407 e. The minimum absolute atomic E-state index is 0.0351. The Morgan fingerprint density at radius 1 is 1.27 bits per heavy atom. The van der Waals surface area contributed by atoms with Crippen molar-refractivity contribution in [1.29, 1.82) is 0 Å². The van der Waals surface area contributed by atoms with Crippen molar-refractivity contribution in [2.75, 3.05) is 0 Å². The summed E-state index contributed by atoms with van der Waals surface area (Å²) >= 11 is 6.11. The van der Waals surface area contributed by atoms with Crippen molar-refractivity contribution in [1.82, 2.24) is 24.8 Å². The van der Waals surface area contributed by atoms with Gasteiger partial charge in [-0.25, -0.2) is 14.8 Å². The molecule has 3 heterocycles. The van der Waals surface area contributed by atoms with E-state index in [1.54, 1.807) is 18.5 Å². The molecule has 0 aliphatic heterocycles. The molecule has 0 unspecified atom stereocenters. The zero-order valence-electron chi connectivity index (χ0n) is 17.4. The third-order valence-corrected chi connectivity index (χ3v) is 5.38. The van der Waals surface area contributed by atoms with Crippen LogP contribution in [0.25, 0.3) is 22.6 Å². The van der Waals surface area contributed by atoms with Crippen LogP contribution >= 0.6 is 11.6 Å². The van der Waals surface area contributed by atoms with Gasteiger partial charge in [0, 0.05) is 24.3 Å². The standard InChI is InChI=1S/C22H26ClN5O2/c1-22(2,3)30-21(29)26-14-7-6-8-15(11-14)28-18-13-25-19(23)12-17(18)27-20(28)16-9-4-5-10-24-16/h4-5,9-10,12-15H,6-8,11H2,1-3H3,(H,26,29)/t14-,15+/m0/s1. The molecule has 1 aliphatic rings. The highest BCUT2D eigenvalue weighted by atomic mass is 35.5. The number of carbonyl (C=O) groups excluding carboxylic acids is 1. The number of hydrogen-bond donors (Lipinski definition) is 1. The van der Waals surface area contributed by atoms with Crippen molar-refractivity contribution in [2.45, 2.75) is 64.1 Å². The molecule has 0 spiro atoms. The van der Waals surface area contributed by atoms with Gasteiger partial charge in [-0.05, 0) is 58.6 Å². The summed E-state index contributed by atoms with van der Waals surface area (Å²) in [5.74, 6) is 0.789. The van der Waals surface area contributed by atoms with Gasteiger partial charge >= 0.3 is 6.09 Å². The maximum atomic E-state index is 12.3. The number of halogens is 1. The van der Waals surface area contributed by atoms with Crippen LogP contribution in [0.15, 0.2) is 36.7 Å². The number of pyridine rings is 2. The number of imidazole rings is 1. The summed E-state index contributed by atoms with van der Waals surface area (Å²) < 4.78 is 7.64. The quantitative estimate of drug-likeness (QED) is 0.584. The summed E-state index contributed by atoms with van der Waals surface area (Å²) in [6, 6.07) is 7.75. The van der Waals surface area contributed by atoms with Crippen molar-refractivity contribution in [3.05, 3.63) is 41.8 Å². The topological polar surface area (TPSA) is 81.9 Å². The molecule has 1 fully saturated rings. The Kier molecular flexibility index (Phi) is 5.64. The number of nitrogens with one attached hydrogen (secondary N) is 1. The van der Waals surface area contributed by atoms with Crippen LogP contribution < -0.4 is 5.32 Å². The first-order valence-electron chi connectivity index (χ1n) is 10.2. The van der Waals surface area contributed by atoms with Gasteiger partial charge in [-0.2, -0.15) is 0 Å². The zero-order valence-corrected chi connectivity index (χ0v) is 18.2. The SMILES string of the molecule is CC(C)(C)OC(=O)N[C@H]1CCC[C@@H](n2c(-c3ccccn3)nc3cc(Cl)ncc32)C1. The third-order valence-electron chi connectivity index (χ3n) is 5.17. The maximum Gasteiger partial charge on any atom is 0.407 e. The fraction of sp³-hybridized carbons (Fsp3) is 0.455. The molecule has 0 bridgehead atoms. The van der Waals surface area contributed by atoms with E-state index in [-0.39, 0.29) is 18.2 Å². The average molecular weight is 428 g/mol. The van der Waals surface area contributed by atoms with Gasteiger partial charge in [0.2, 0.25) is 0 Å². The Balaban J connectivity index is 1.65. The van der Waals surface area contributed by atoms with E-state index in [1.165, 1.54) is 0 Å². The van der Waals surface area contributed by atoms with Crippen molar-refractivity contribution in [3.8, 4) is 11.5 Å². The maximum absolute atomic E-state index is 12.3. The normalized spacial score (nSPS) is 19.6. The highest BCUT2D eigenvalue weighted by Gasteiger charge is 2.29. The van der Waals surface area contributed by atoms with Gasteiger partial charge in [0.15, 0.2) is 5.82 Å². The van der Waals surface area contributed by atoms with Gasteiger partial charge in [0.1, 0.15) is 16.4 Å². The van der Waals surface area contributed by atoms with Crippen LogP contribution in [-0.4, -0.2) is 37.3 Å². The first-order chi connectivity index (χ1) is 14.3. The molecule has 0 saturated heterocycles. The van der Waals surface area contributed by atoms with E-state index in [0.717, 1.165) is 48.2 Å². The summed E-state index contributed by atoms with van der Waals surface area (Å²) in [5, 5.41) is 3.45. The number of rotatable bonds is 3. The molecule has 3 aromatic rings. The van der Waals surface area contributed by atoms with Gasteiger partial charge in [-0.15, -0.1) is 0 Å². The Bertz CT molecular complexity index is 1040. The van der Waals surface area contributed by atoms with E-state index in [2.05, 4.69) is 19.9 Å². The lowest BCUT2D eigenvalue weighted by Crippen LogP contribution is -2.41. The molecule has 7 nitrogen and oxygen atoms in total. The summed E-state index contributed by atoms with van der Waals surface area (Å²) in [7, 11) is 0. The Hall–Kier alpha value is -2.67. The number of ether oxygens (including phenoxy) is 1. The van der Waals surface area contributed by atoms with Crippen LogP contribution in [0.2, 0.25) is 5.15 Å². The molecule has 2 atom stereocenters. The lowest BCUT2D eigenvalue weighted by atomic mass is 9.90. The summed E-state index contributed by atoms with van der Waals surface area (Å²) in [6.45, 7) is 5.60.